The molecule has 3 heterocycles. The maximum atomic E-state index is 15.1. The summed E-state index contributed by atoms with van der Waals surface area (Å²) in [6.07, 6.45) is 3.63. The van der Waals surface area contributed by atoms with Crippen LogP contribution in [0.3, 0.4) is 0 Å². The first kappa shape index (κ1) is 20.4. The van der Waals surface area contributed by atoms with E-state index in [0.29, 0.717) is 22.6 Å². The smallest absolute Gasteiger partial charge is 0.150 e. The van der Waals surface area contributed by atoms with E-state index in [1.165, 1.54) is 0 Å². The van der Waals surface area contributed by atoms with Crippen molar-refractivity contribution in [1.82, 2.24) is 9.97 Å². The molecule has 0 aliphatic carbocycles. The number of ketones is 1. The molecule has 30 heavy (non-hydrogen) atoms. The number of hydrogen-bond donors (Lipinski definition) is 0. The Balaban J connectivity index is 1.49. The fourth-order valence-corrected chi connectivity index (χ4v) is 3.87. The van der Waals surface area contributed by atoms with Crippen molar-refractivity contribution in [2.75, 3.05) is 0 Å². The summed E-state index contributed by atoms with van der Waals surface area (Å²) >= 11 is 5.92. The molecule has 3 aromatic rings. The van der Waals surface area contributed by atoms with Gasteiger partial charge >= 0.3 is 0 Å². The minimum atomic E-state index is -0.426. The van der Waals surface area contributed by atoms with E-state index in [0.717, 1.165) is 22.5 Å². The lowest BCUT2D eigenvalue weighted by Gasteiger charge is -2.12. The highest BCUT2D eigenvalue weighted by Gasteiger charge is 2.25. The Morgan fingerprint density at radius 3 is 2.70 bits per heavy atom. The van der Waals surface area contributed by atoms with Crippen molar-refractivity contribution < 1.29 is 9.18 Å². The van der Waals surface area contributed by atoms with Gasteiger partial charge in [0, 0.05) is 46.2 Å². The molecule has 0 fully saturated rings. The Morgan fingerprint density at radius 1 is 1.20 bits per heavy atom. The van der Waals surface area contributed by atoms with Crippen molar-refractivity contribution in [1.29, 1.82) is 0 Å². The third kappa shape index (κ3) is 4.17. The summed E-state index contributed by atoms with van der Waals surface area (Å²) in [5.41, 5.74) is 4.88. The number of carbonyl (C=O) groups excluding carboxylic acids is 1. The number of aromatic nitrogens is 2. The first-order valence-corrected chi connectivity index (χ1v) is 10.2. The van der Waals surface area contributed by atoms with Crippen LogP contribution in [0.25, 0.3) is 0 Å². The summed E-state index contributed by atoms with van der Waals surface area (Å²) in [6.45, 7) is 4.13. The van der Waals surface area contributed by atoms with Crippen LogP contribution in [0.2, 0.25) is 5.02 Å². The molecule has 1 aliphatic heterocycles. The molecule has 4 rings (SSSR count). The number of rotatable bonds is 6. The largest absolute Gasteiger partial charge is 0.299 e. The van der Waals surface area contributed by atoms with Crippen molar-refractivity contribution in [2.24, 2.45) is 4.99 Å². The Bertz CT molecular complexity index is 1140. The van der Waals surface area contributed by atoms with Crippen LogP contribution < -0.4 is 0 Å². The second kappa shape index (κ2) is 8.44. The van der Waals surface area contributed by atoms with Crippen LogP contribution in [0.1, 0.15) is 52.9 Å². The van der Waals surface area contributed by atoms with Crippen LogP contribution in [0.4, 0.5) is 4.39 Å². The molecule has 0 radical (unpaired) electrons. The first-order valence-electron chi connectivity index (χ1n) is 9.83. The van der Waals surface area contributed by atoms with Gasteiger partial charge in [0.25, 0.3) is 0 Å². The Kier molecular flexibility index (Phi) is 5.73. The SMILES string of the molecule is Cc1cc(C2=NCc3c2cnc(CC(=O)C[C@H](C)c2ccc(Cl)cc2)c3F)ccn1. The number of nitrogens with zero attached hydrogens (tertiary/aromatic N) is 3. The third-order valence-corrected chi connectivity index (χ3v) is 5.60. The number of carbonyl (C=O) groups is 1. The minimum Gasteiger partial charge on any atom is -0.299 e. The molecule has 0 amide bonds. The lowest BCUT2D eigenvalue weighted by atomic mass is 9.93. The number of pyridine rings is 2. The molecule has 0 unspecified atom stereocenters. The van der Waals surface area contributed by atoms with Gasteiger partial charge in [-0.05, 0) is 42.7 Å². The monoisotopic (exact) mass is 421 g/mol. The summed E-state index contributed by atoms with van der Waals surface area (Å²) < 4.78 is 15.1. The van der Waals surface area contributed by atoms with E-state index in [1.54, 1.807) is 12.4 Å². The number of halogens is 2. The fourth-order valence-electron chi connectivity index (χ4n) is 3.74. The van der Waals surface area contributed by atoms with Crippen LogP contribution in [0.15, 0.2) is 53.8 Å². The molecule has 2 aromatic heterocycles. The highest BCUT2D eigenvalue weighted by Crippen LogP contribution is 2.27. The van der Waals surface area contributed by atoms with Crippen molar-refractivity contribution >= 4 is 23.1 Å². The maximum absolute atomic E-state index is 15.1. The van der Waals surface area contributed by atoms with Gasteiger partial charge in [0.15, 0.2) is 5.82 Å². The number of hydrogen-bond acceptors (Lipinski definition) is 4. The van der Waals surface area contributed by atoms with Gasteiger partial charge in [0.05, 0.1) is 24.4 Å². The Hall–Kier alpha value is -2.92. The molecule has 0 spiro atoms. The summed E-state index contributed by atoms with van der Waals surface area (Å²) in [7, 11) is 0. The molecular formula is C24H21ClFN3O. The van der Waals surface area contributed by atoms with E-state index >= 15 is 4.39 Å². The van der Waals surface area contributed by atoms with E-state index in [2.05, 4.69) is 15.0 Å². The first-order chi connectivity index (χ1) is 14.4. The molecule has 6 heteroatoms. The molecule has 0 saturated heterocycles. The van der Waals surface area contributed by atoms with Gasteiger partial charge in [-0.2, -0.15) is 0 Å². The predicted octanol–water partition coefficient (Wildman–Crippen LogP) is 5.23. The summed E-state index contributed by atoms with van der Waals surface area (Å²) in [6, 6.07) is 11.2. The summed E-state index contributed by atoms with van der Waals surface area (Å²) in [5, 5.41) is 0.658. The molecule has 0 N–H and O–H groups in total. The average molecular weight is 422 g/mol. The normalized spacial score (nSPS) is 13.7. The standard InChI is InChI=1S/C24H21ClFN3O/c1-14(16-3-5-18(25)6-4-16)9-19(30)11-22-23(26)20-12-29-24(21(20)13-28-22)17-7-8-27-15(2)10-17/h3-8,10,13-14H,9,11-12H2,1-2H3/t14-/m0/s1. The number of fused-ring (bicyclic) bond motifs is 1. The topological polar surface area (TPSA) is 55.2 Å². The van der Waals surface area contributed by atoms with Crippen LogP contribution in [-0.4, -0.2) is 21.5 Å². The van der Waals surface area contributed by atoms with Gasteiger partial charge in [0.1, 0.15) is 5.78 Å². The van der Waals surface area contributed by atoms with Crippen molar-refractivity contribution in [3.8, 4) is 0 Å². The predicted molar refractivity (Wildman–Crippen MR) is 116 cm³/mol. The van der Waals surface area contributed by atoms with Gasteiger partial charge < -0.3 is 0 Å². The second-order valence-corrected chi connectivity index (χ2v) is 8.07. The van der Waals surface area contributed by atoms with E-state index in [1.807, 2.05) is 50.2 Å². The van der Waals surface area contributed by atoms with Gasteiger partial charge in [0.2, 0.25) is 0 Å². The zero-order chi connectivity index (χ0) is 21.3. The fraction of sp³-hybridized carbons (Fsp3) is 0.250. The van der Waals surface area contributed by atoms with Crippen LogP contribution in [0, 0.1) is 12.7 Å². The summed E-state index contributed by atoms with van der Waals surface area (Å²) in [4.78, 5) is 25.5. The lowest BCUT2D eigenvalue weighted by molar-refractivity contribution is -0.118. The van der Waals surface area contributed by atoms with Crippen molar-refractivity contribution in [3.63, 3.8) is 0 Å². The van der Waals surface area contributed by atoms with Crippen LogP contribution in [0.5, 0.6) is 0 Å². The third-order valence-electron chi connectivity index (χ3n) is 5.35. The second-order valence-electron chi connectivity index (χ2n) is 7.63. The Labute approximate surface area is 179 Å². The zero-order valence-electron chi connectivity index (χ0n) is 16.8. The van der Waals surface area contributed by atoms with Gasteiger partial charge in [-0.15, -0.1) is 0 Å². The van der Waals surface area contributed by atoms with Crippen molar-refractivity contribution in [2.45, 2.75) is 39.2 Å². The molecule has 1 aromatic carbocycles. The minimum absolute atomic E-state index is 0.0251. The van der Waals surface area contributed by atoms with E-state index in [9.17, 15) is 4.79 Å². The van der Waals surface area contributed by atoms with Crippen LogP contribution in [-0.2, 0) is 17.8 Å². The van der Waals surface area contributed by atoms with E-state index in [4.69, 9.17) is 11.6 Å². The Morgan fingerprint density at radius 2 is 1.97 bits per heavy atom. The molecule has 0 bridgehead atoms. The van der Waals surface area contributed by atoms with Gasteiger partial charge in [-0.25, -0.2) is 4.39 Å². The quantitative estimate of drug-likeness (QED) is 0.547. The number of aliphatic imine (C=N–C) groups is 1. The average Bonchev–Trinajstić information content (AvgIpc) is 3.15. The number of benzene rings is 1. The number of aryl methyl sites for hydroxylation is 1. The van der Waals surface area contributed by atoms with E-state index < -0.39 is 5.82 Å². The molecule has 1 aliphatic rings. The molecule has 152 valence electrons. The van der Waals surface area contributed by atoms with E-state index in [-0.39, 0.29) is 30.4 Å². The van der Waals surface area contributed by atoms with Crippen LogP contribution >= 0.6 is 11.6 Å². The molecule has 1 atom stereocenters. The zero-order valence-corrected chi connectivity index (χ0v) is 17.6. The molecule has 0 saturated carbocycles. The summed E-state index contributed by atoms with van der Waals surface area (Å²) in [5.74, 6) is -0.450. The molecule has 4 nitrogen and oxygen atoms in total. The van der Waals surface area contributed by atoms with Gasteiger partial charge in [-0.3, -0.25) is 19.8 Å². The lowest BCUT2D eigenvalue weighted by Crippen LogP contribution is -2.12. The highest BCUT2D eigenvalue weighted by atomic mass is 35.5. The molecular weight excluding hydrogens is 401 g/mol. The van der Waals surface area contributed by atoms with Crippen molar-refractivity contribution in [3.05, 3.63) is 93.3 Å². The van der Waals surface area contributed by atoms with Gasteiger partial charge in [-0.1, -0.05) is 30.7 Å². The number of Topliss-reactive ketones (excluding diaryl/α,β-unsaturated/α-hetero) is 1. The highest BCUT2D eigenvalue weighted by molar-refractivity contribution is 6.30. The maximum Gasteiger partial charge on any atom is 0.150 e.